The Morgan fingerprint density at radius 3 is 2.91 bits per heavy atom. The Bertz CT molecular complexity index is 863. The van der Waals surface area contributed by atoms with Crippen LogP contribution in [0.1, 0.15) is 31.9 Å². The van der Waals surface area contributed by atoms with E-state index in [0.29, 0.717) is 6.54 Å². The van der Waals surface area contributed by atoms with Gasteiger partial charge in [0.2, 0.25) is 0 Å². The average Bonchev–Trinajstić information content (AvgIpc) is 2.74. The Hall–Kier alpha value is -2.25. The third-order valence-electron chi connectivity index (χ3n) is 4.79. The highest BCUT2D eigenvalue weighted by molar-refractivity contribution is 5.82. The summed E-state index contributed by atoms with van der Waals surface area (Å²) < 4.78 is 1.83. The van der Waals surface area contributed by atoms with Gasteiger partial charge in [0.1, 0.15) is 0 Å². The van der Waals surface area contributed by atoms with Gasteiger partial charge in [0.05, 0.1) is 11.0 Å². The quantitative estimate of drug-likeness (QED) is 0.699. The lowest BCUT2D eigenvalue weighted by molar-refractivity contribution is 0.144. The van der Waals surface area contributed by atoms with Crippen molar-refractivity contribution < 1.29 is 0 Å². The van der Waals surface area contributed by atoms with E-state index in [1.807, 2.05) is 22.8 Å². The summed E-state index contributed by atoms with van der Waals surface area (Å²) in [5.74, 6) is 2.77. The van der Waals surface area contributed by atoms with Gasteiger partial charge in [0, 0.05) is 36.8 Å². The van der Waals surface area contributed by atoms with Crippen LogP contribution in [0, 0.1) is 17.8 Å². The molecule has 2 heterocycles. The molecule has 4 nitrogen and oxygen atoms in total. The smallest absolute Gasteiger partial charge is 0.306 e. The lowest BCUT2D eigenvalue weighted by Crippen LogP contribution is -2.41. The molecular formula is C19H23N3O. The third kappa shape index (κ3) is 2.62. The largest absolute Gasteiger partial charge is 0.326 e. The molecule has 0 spiro atoms. The first kappa shape index (κ1) is 15.6. The Balaban J connectivity index is 2.15. The molecule has 120 valence electrons. The maximum absolute atomic E-state index is 12.3. The van der Waals surface area contributed by atoms with Crippen molar-refractivity contribution in [3.8, 4) is 12.3 Å². The van der Waals surface area contributed by atoms with E-state index >= 15 is 0 Å². The number of nitrogens with zero attached hydrogens (tertiary/aromatic N) is 2. The van der Waals surface area contributed by atoms with E-state index in [9.17, 15) is 4.79 Å². The zero-order valence-corrected chi connectivity index (χ0v) is 14.0. The average molecular weight is 309 g/mol. The van der Waals surface area contributed by atoms with E-state index in [2.05, 4.69) is 43.2 Å². The molecule has 3 rings (SSSR count). The minimum Gasteiger partial charge on any atom is -0.306 e. The summed E-state index contributed by atoms with van der Waals surface area (Å²) in [6.45, 7) is 12.7. The fourth-order valence-electron chi connectivity index (χ4n) is 3.34. The number of nitrogens with one attached hydrogen (secondary N) is 1. The normalized spacial score (nSPS) is 18.6. The van der Waals surface area contributed by atoms with Gasteiger partial charge in [0.25, 0.3) is 0 Å². The molecule has 0 saturated heterocycles. The van der Waals surface area contributed by atoms with Crippen molar-refractivity contribution >= 4 is 11.0 Å². The van der Waals surface area contributed by atoms with Crippen molar-refractivity contribution in [3.05, 3.63) is 46.4 Å². The molecular weight excluding hydrogens is 286 g/mol. The number of rotatable bonds is 3. The molecule has 1 aromatic carbocycles. The highest BCUT2D eigenvalue weighted by atomic mass is 16.1. The second-order valence-electron chi connectivity index (χ2n) is 7.12. The van der Waals surface area contributed by atoms with Crippen LogP contribution in [0.5, 0.6) is 0 Å². The number of terminal acetylenes is 1. The highest BCUT2D eigenvalue weighted by Gasteiger charge is 2.28. The molecule has 1 atom stereocenters. The number of benzene rings is 1. The number of aromatic nitrogens is 2. The Kier molecular flexibility index (Phi) is 3.69. The van der Waals surface area contributed by atoms with Crippen molar-refractivity contribution in [1.29, 1.82) is 0 Å². The van der Waals surface area contributed by atoms with Crippen LogP contribution >= 0.6 is 0 Å². The van der Waals surface area contributed by atoms with E-state index in [1.165, 1.54) is 0 Å². The topological polar surface area (TPSA) is 41.0 Å². The SMILES string of the molecule is C#Cc1ccc2[nH]c(=O)n3c2c1CN(CC(C)(C)C=C)[C@@H](C)C3. The minimum atomic E-state index is -0.0629. The Morgan fingerprint density at radius 1 is 1.52 bits per heavy atom. The molecule has 23 heavy (non-hydrogen) atoms. The van der Waals surface area contributed by atoms with Gasteiger partial charge < -0.3 is 4.98 Å². The molecule has 0 aliphatic carbocycles. The van der Waals surface area contributed by atoms with E-state index in [4.69, 9.17) is 6.42 Å². The summed E-state index contributed by atoms with van der Waals surface area (Å²) in [6.07, 6.45) is 7.69. The number of H-pyrrole nitrogens is 1. The van der Waals surface area contributed by atoms with Gasteiger partial charge in [-0.1, -0.05) is 25.8 Å². The van der Waals surface area contributed by atoms with Crippen molar-refractivity contribution in [3.63, 3.8) is 0 Å². The molecule has 0 unspecified atom stereocenters. The summed E-state index contributed by atoms with van der Waals surface area (Å²) in [7, 11) is 0. The minimum absolute atomic E-state index is 0.00386. The van der Waals surface area contributed by atoms with E-state index in [-0.39, 0.29) is 17.1 Å². The molecule has 0 amide bonds. The summed E-state index contributed by atoms with van der Waals surface area (Å²) in [4.78, 5) is 17.7. The monoisotopic (exact) mass is 309 g/mol. The molecule has 1 N–H and O–H groups in total. The van der Waals surface area contributed by atoms with Gasteiger partial charge in [-0.15, -0.1) is 13.0 Å². The van der Waals surface area contributed by atoms with Gasteiger partial charge in [-0.2, -0.15) is 0 Å². The van der Waals surface area contributed by atoms with Crippen LogP contribution in [0.15, 0.2) is 29.6 Å². The molecule has 2 aromatic rings. The molecule has 1 aliphatic rings. The highest BCUT2D eigenvalue weighted by Crippen LogP contribution is 2.29. The standard InChI is InChI=1S/C19H23N3O/c1-6-14-8-9-16-17-15(14)11-21(12-19(4,5)7-2)13(3)10-22(17)18(23)20-16/h1,7-9,13H,2,10-12H2,3-5H3,(H,20,23)/t13-/m0/s1. The summed E-state index contributed by atoms with van der Waals surface area (Å²) in [6, 6.07) is 4.06. The van der Waals surface area contributed by atoms with Gasteiger partial charge in [-0.25, -0.2) is 4.79 Å². The summed E-state index contributed by atoms with van der Waals surface area (Å²) in [5.41, 5.74) is 3.68. The van der Waals surface area contributed by atoms with E-state index in [1.54, 1.807) is 0 Å². The molecule has 0 fully saturated rings. The van der Waals surface area contributed by atoms with E-state index < -0.39 is 0 Å². The van der Waals surface area contributed by atoms with Crippen LogP contribution in [-0.2, 0) is 13.1 Å². The van der Waals surface area contributed by atoms with Crippen molar-refractivity contribution in [2.24, 2.45) is 5.41 Å². The zero-order valence-electron chi connectivity index (χ0n) is 14.0. The first-order valence-corrected chi connectivity index (χ1v) is 7.95. The Morgan fingerprint density at radius 2 is 2.26 bits per heavy atom. The molecule has 0 radical (unpaired) electrons. The second kappa shape index (κ2) is 5.43. The second-order valence-corrected chi connectivity index (χ2v) is 7.12. The number of hydrogen-bond acceptors (Lipinski definition) is 2. The van der Waals surface area contributed by atoms with E-state index in [0.717, 1.165) is 35.2 Å². The lowest BCUT2D eigenvalue weighted by Gasteiger charge is -2.34. The molecule has 0 saturated carbocycles. The molecule has 1 aliphatic heterocycles. The summed E-state index contributed by atoms with van der Waals surface area (Å²) in [5, 5.41) is 0. The van der Waals surface area contributed by atoms with Gasteiger partial charge in [-0.05, 0) is 24.5 Å². The zero-order chi connectivity index (χ0) is 16.8. The third-order valence-corrected chi connectivity index (χ3v) is 4.79. The first-order chi connectivity index (χ1) is 10.9. The van der Waals surface area contributed by atoms with Gasteiger partial charge >= 0.3 is 5.69 Å². The molecule has 0 bridgehead atoms. The van der Waals surface area contributed by atoms with Gasteiger partial charge in [0.15, 0.2) is 0 Å². The van der Waals surface area contributed by atoms with Crippen molar-refractivity contribution in [1.82, 2.24) is 14.5 Å². The first-order valence-electron chi connectivity index (χ1n) is 7.95. The maximum atomic E-state index is 12.3. The van der Waals surface area contributed by atoms with Crippen LogP contribution in [-0.4, -0.2) is 27.0 Å². The van der Waals surface area contributed by atoms with Crippen molar-refractivity contribution in [2.75, 3.05) is 6.54 Å². The number of hydrogen-bond donors (Lipinski definition) is 1. The van der Waals surface area contributed by atoms with Crippen LogP contribution in [0.3, 0.4) is 0 Å². The van der Waals surface area contributed by atoms with Crippen molar-refractivity contribution in [2.45, 2.75) is 39.9 Å². The van der Waals surface area contributed by atoms with Crippen LogP contribution in [0.25, 0.3) is 11.0 Å². The predicted octanol–water partition coefficient (Wildman–Crippen LogP) is 2.73. The van der Waals surface area contributed by atoms with Gasteiger partial charge in [-0.3, -0.25) is 9.47 Å². The Labute approximate surface area is 136 Å². The number of imidazole rings is 1. The summed E-state index contributed by atoms with van der Waals surface area (Å²) >= 11 is 0. The van der Waals surface area contributed by atoms with Crippen LogP contribution < -0.4 is 5.69 Å². The maximum Gasteiger partial charge on any atom is 0.326 e. The molecule has 4 heteroatoms. The van der Waals surface area contributed by atoms with Crippen LogP contribution in [0.4, 0.5) is 0 Å². The fourth-order valence-corrected chi connectivity index (χ4v) is 3.34. The fraction of sp³-hybridized carbons (Fsp3) is 0.421. The molecule has 1 aromatic heterocycles. The predicted molar refractivity (Wildman–Crippen MR) is 94.3 cm³/mol. The number of aromatic amines is 1. The lowest BCUT2D eigenvalue weighted by atomic mass is 9.92. The van der Waals surface area contributed by atoms with Crippen LogP contribution in [0.2, 0.25) is 0 Å².